The summed E-state index contributed by atoms with van der Waals surface area (Å²) in [6.45, 7) is 2.31. The second-order valence-electron chi connectivity index (χ2n) is 7.09. The van der Waals surface area contributed by atoms with E-state index in [-0.39, 0.29) is 41.8 Å². The van der Waals surface area contributed by atoms with E-state index in [0.29, 0.717) is 18.4 Å². The van der Waals surface area contributed by atoms with Gasteiger partial charge in [-0.05, 0) is 43.3 Å². The summed E-state index contributed by atoms with van der Waals surface area (Å²) in [5.74, 6) is -2.07. The average Bonchev–Trinajstić information content (AvgIpc) is 3.58. The zero-order chi connectivity index (χ0) is 24.1. The van der Waals surface area contributed by atoms with Gasteiger partial charge in [0.1, 0.15) is 23.9 Å². The highest BCUT2D eigenvalue weighted by Crippen LogP contribution is 2.21. The van der Waals surface area contributed by atoms with E-state index in [0.717, 1.165) is 12.1 Å². The van der Waals surface area contributed by atoms with Crippen molar-refractivity contribution in [2.45, 2.75) is 26.6 Å². The molecule has 0 unspecified atom stereocenters. The highest BCUT2D eigenvalue weighted by molar-refractivity contribution is 6.07. The maximum absolute atomic E-state index is 13.7. The zero-order valence-electron chi connectivity index (χ0n) is 18.0. The van der Waals surface area contributed by atoms with E-state index in [9.17, 15) is 18.4 Å². The smallest absolute Gasteiger partial charge is 0.291 e. The van der Waals surface area contributed by atoms with Gasteiger partial charge in [0.05, 0.1) is 18.5 Å². The van der Waals surface area contributed by atoms with Crippen LogP contribution >= 0.6 is 0 Å². The summed E-state index contributed by atoms with van der Waals surface area (Å²) in [6, 6.07) is 9.26. The van der Waals surface area contributed by atoms with E-state index in [4.69, 9.17) is 13.6 Å². The number of amides is 2. The molecule has 176 valence electrons. The van der Waals surface area contributed by atoms with Crippen molar-refractivity contribution >= 4 is 17.5 Å². The van der Waals surface area contributed by atoms with Crippen LogP contribution in [0.5, 0.6) is 5.75 Å². The van der Waals surface area contributed by atoms with Crippen molar-refractivity contribution in [3.8, 4) is 5.75 Å². The molecule has 9 nitrogen and oxygen atoms in total. The van der Waals surface area contributed by atoms with Crippen molar-refractivity contribution in [1.82, 2.24) is 15.1 Å². The fraction of sp³-hybridized carbons (Fsp3) is 0.174. The van der Waals surface area contributed by atoms with Gasteiger partial charge in [0.15, 0.2) is 23.0 Å². The first-order valence-electron chi connectivity index (χ1n) is 10.3. The molecule has 0 aliphatic rings. The molecule has 0 saturated carbocycles. The number of furan rings is 2. The van der Waals surface area contributed by atoms with E-state index in [1.54, 1.807) is 12.1 Å². The molecule has 0 spiro atoms. The van der Waals surface area contributed by atoms with Crippen LogP contribution in [0.1, 0.15) is 39.5 Å². The number of benzene rings is 1. The van der Waals surface area contributed by atoms with Crippen LogP contribution in [0, 0.1) is 11.6 Å². The van der Waals surface area contributed by atoms with Crippen molar-refractivity contribution in [1.29, 1.82) is 0 Å². The van der Waals surface area contributed by atoms with Gasteiger partial charge in [0.2, 0.25) is 0 Å². The Balaban J connectivity index is 1.41. The van der Waals surface area contributed by atoms with Crippen LogP contribution in [0.25, 0.3) is 0 Å². The lowest BCUT2D eigenvalue weighted by Gasteiger charge is -2.06. The number of hydrogen-bond donors (Lipinski definition) is 2. The fourth-order valence-electron chi connectivity index (χ4n) is 3.01. The number of aromatic nitrogens is 2. The van der Waals surface area contributed by atoms with Gasteiger partial charge in [-0.25, -0.2) is 8.78 Å². The van der Waals surface area contributed by atoms with E-state index < -0.39 is 23.4 Å². The summed E-state index contributed by atoms with van der Waals surface area (Å²) in [7, 11) is 0. The molecule has 0 radical (unpaired) electrons. The normalized spacial score (nSPS) is 10.8. The van der Waals surface area contributed by atoms with E-state index in [2.05, 4.69) is 15.7 Å². The number of ether oxygens (including phenoxy) is 1. The van der Waals surface area contributed by atoms with Crippen molar-refractivity contribution in [3.05, 3.63) is 89.5 Å². The molecule has 3 heterocycles. The molecule has 0 saturated heterocycles. The maximum atomic E-state index is 13.7. The van der Waals surface area contributed by atoms with Crippen LogP contribution < -0.4 is 15.4 Å². The molecule has 11 heteroatoms. The highest BCUT2D eigenvalue weighted by Gasteiger charge is 2.21. The lowest BCUT2D eigenvalue weighted by Crippen LogP contribution is -2.25. The van der Waals surface area contributed by atoms with Crippen LogP contribution in [0.4, 0.5) is 14.5 Å². The van der Waals surface area contributed by atoms with Gasteiger partial charge < -0.3 is 24.2 Å². The molecular formula is C23H20F2N4O5. The first-order chi connectivity index (χ1) is 16.4. The number of halogens is 2. The SMILES string of the molecule is CCn1cc(NC(=O)c2ccc(COc3ccc(F)cc3F)o2)c(C(=O)NCc2ccco2)n1. The molecule has 0 aliphatic carbocycles. The van der Waals surface area contributed by atoms with Crippen molar-refractivity contribution in [3.63, 3.8) is 0 Å². The van der Waals surface area contributed by atoms with Crippen LogP contribution in [-0.2, 0) is 19.7 Å². The Labute approximate surface area is 192 Å². The Morgan fingerprint density at radius 1 is 1.12 bits per heavy atom. The Morgan fingerprint density at radius 2 is 1.97 bits per heavy atom. The fourth-order valence-corrected chi connectivity index (χ4v) is 3.01. The quantitative estimate of drug-likeness (QED) is 0.381. The van der Waals surface area contributed by atoms with E-state index >= 15 is 0 Å². The molecule has 4 aromatic rings. The number of rotatable bonds is 9. The molecule has 0 bridgehead atoms. The van der Waals surface area contributed by atoms with Gasteiger partial charge in [0, 0.05) is 18.8 Å². The number of anilines is 1. The van der Waals surface area contributed by atoms with E-state index in [1.165, 1.54) is 29.3 Å². The minimum absolute atomic E-state index is 0.0312. The standard InChI is InChI=1S/C23H20F2N4O5/c1-2-29-12-18(21(28-29)23(31)26-11-15-4-3-9-32-15)27-22(30)20-8-6-16(34-20)13-33-19-7-5-14(24)10-17(19)25/h3-10,12H,2,11,13H2,1H3,(H,26,31)(H,27,30). The summed E-state index contributed by atoms with van der Waals surface area (Å²) >= 11 is 0. The molecule has 2 amide bonds. The van der Waals surface area contributed by atoms with Gasteiger partial charge in [-0.15, -0.1) is 0 Å². The number of nitrogens with zero attached hydrogens (tertiary/aromatic N) is 2. The monoisotopic (exact) mass is 470 g/mol. The van der Waals surface area contributed by atoms with Crippen molar-refractivity contribution in [2.24, 2.45) is 0 Å². The summed E-state index contributed by atoms with van der Waals surface area (Å²) in [6.07, 6.45) is 3.03. The largest absolute Gasteiger partial charge is 0.483 e. The van der Waals surface area contributed by atoms with Gasteiger partial charge in [0.25, 0.3) is 11.8 Å². The van der Waals surface area contributed by atoms with E-state index in [1.807, 2.05) is 6.92 Å². The van der Waals surface area contributed by atoms with Crippen LogP contribution in [0.3, 0.4) is 0 Å². The first kappa shape index (κ1) is 22.8. The first-order valence-corrected chi connectivity index (χ1v) is 10.3. The molecule has 1 aromatic carbocycles. The third-order valence-electron chi connectivity index (χ3n) is 4.70. The Kier molecular flexibility index (Phi) is 6.72. The summed E-state index contributed by atoms with van der Waals surface area (Å²) in [5, 5.41) is 9.50. The molecule has 0 atom stereocenters. The number of hydrogen-bond acceptors (Lipinski definition) is 6. The van der Waals surface area contributed by atoms with Crippen LogP contribution in [0.15, 0.2) is 63.8 Å². The maximum Gasteiger partial charge on any atom is 0.291 e. The number of nitrogens with one attached hydrogen (secondary N) is 2. The van der Waals surface area contributed by atoms with Crippen molar-refractivity contribution in [2.75, 3.05) is 5.32 Å². The highest BCUT2D eigenvalue weighted by atomic mass is 19.1. The molecule has 34 heavy (non-hydrogen) atoms. The second-order valence-corrected chi connectivity index (χ2v) is 7.09. The molecular weight excluding hydrogens is 450 g/mol. The van der Waals surface area contributed by atoms with Crippen LogP contribution in [0.2, 0.25) is 0 Å². The molecule has 4 rings (SSSR count). The zero-order valence-corrected chi connectivity index (χ0v) is 18.0. The summed E-state index contributed by atoms with van der Waals surface area (Å²) < 4.78 is 44.1. The minimum Gasteiger partial charge on any atom is -0.483 e. The predicted octanol–water partition coefficient (Wildman–Crippen LogP) is 4.13. The predicted molar refractivity (Wildman–Crippen MR) is 115 cm³/mol. The van der Waals surface area contributed by atoms with Gasteiger partial charge in [-0.3, -0.25) is 14.3 Å². The Bertz CT molecular complexity index is 1300. The lowest BCUT2D eigenvalue weighted by molar-refractivity contribution is 0.0943. The third-order valence-corrected chi connectivity index (χ3v) is 4.70. The molecule has 0 aliphatic heterocycles. The Morgan fingerprint density at radius 3 is 2.71 bits per heavy atom. The molecule has 0 fully saturated rings. The number of carbonyl (C=O) groups is 2. The lowest BCUT2D eigenvalue weighted by atomic mass is 10.3. The summed E-state index contributed by atoms with van der Waals surface area (Å²) in [4.78, 5) is 25.3. The van der Waals surface area contributed by atoms with Crippen molar-refractivity contribution < 1.29 is 31.9 Å². The van der Waals surface area contributed by atoms with Gasteiger partial charge >= 0.3 is 0 Å². The Hall–Kier alpha value is -4.41. The summed E-state index contributed by atoms with van der Waals surface area (Å²) in [5.41, 5.74) is 0.232. The number of aryl methyl sites for hydroxylation is 1. The minimum atomic E-state index is -0.852. The van der Waals surface area contributed by atoms with Gasteiger partial charge in [-0.2, -0.15) is 5.10 Å². The third kappa shape index (κ3) is 5.31. The number of carbonyl (C=O) groups excluding carboxylic acids is 2. The molecule has 2 N–H and O–H groups in total. The van der Waals surface area contributed by atoms with Crippen LogP contribution in [-0.4, -0.2) is 21.6 Å². The topological polar surface area (TPSA) is 112 Å². The second kappa shape index (κ2) is 10.0. The average molecular weight is 470 g/mol. The molecule has 3 aromatic heterocycles. The van der Waals surface area contributed by atoms with Gasteiger partial charge in [-0.1, -0.05) is 0 Å².